The lowest BCUT2D eigenvalue weighted by molar-refractivity contribution is -0.135. The SMILES string of the molecule is O=C(O)CN(c1ccc(O)cc1)S(=O)(=O)C1CC1. The van der Waals surface area contributed by atoms with Crippen LogP contribution in [0.3, 0.4) is 0 Å². The van der Waals surface area contributed by atoms with Crippen molar-refractivity contribution in [3.63, 3.8) is 0 Å². The smallest absolute Gasteiger partial charge is 0.324 e. The monoisotopic (exact) mass is 271 g/mol. The molecule has 98 valence electrons. The molecule has 6 nitrogen and oxygen atoms in total. The molecule has 1 aliphatic carbocycles. The molecular formula is C11H13NO5S. The molecule has 0 spiro atoms. The molecule has 1 aromatic rings. The van der Waals surface area contributed by atoms with Gasteiger partial charge in [0.05, 0.1) is 10.9 Å². The second kappa shape index (κ2) is 4.49. The lowest BCUT2D eigenvalue weighted by Gasteiger charge is -2.22. The summed E-state index contributed by atoms with van der Waals surface area (Å²) in [6.07, 6.45) is 1.13. The van der Waals surface area contributed by atoms with Crippen molar-refractivity contribution in [3.8, 4) is 5.75 Å². The van der Waals surface area contributed by atoms with Crippen molar-refractivity contribution in [1.29, 1.82) is 0 Å². The summed E-state index contributed by atoms with van der Waals surface area (Å²) in [7, 11) is -3.62. The quantitative estimate of drug-likeness (QED) is 0.825. The number of carbonyl (C=O) groups is 1. The van der Waals surface area contributed by atoms with Crippen LogP contribution in [0.5, 0.6) is 5.75 Å². The molecule has 2 rings (SSSR count). The first-order chi connectivity index (χ1) is 8.41. The van der Waals surface area contributed by atoms with Gasteiger partial charge in [0.2, 0.25) is 10.0 Å². The van der Waals surface area contributed by atoms with Gasteiger partial charge in [-0.05, 0) is 37.1 Å². The number of carboxylic acid groups (broad SMARTS) is 1. The number of carboxylic acids is 1. The number of phenolic OH excluding ortho intramolecular Hbond substituents is 1. The van der Waals surface area contributed by atoms with E-state index < -0.39 is 27.8 Å². The van der Waals surface area contributed by atoms with E-state index in [0.717, 1.165) is 4.31 Å². The van der Waals surface area contributed by atoms with Gasteiger partial charge in [-0.3, -0.25) is 9.10 Å². The number of aromatic hydroxyl groups is 1. The lowest BCUT2D eigenvalue weighted by Crippen LogP contribution is -2.37. The van der Waals surface area contributed by atoms with Crippen LogP contribution < -0.4 is 4.31 Å². The van der Waals surface area contributed by atoms with Crippen LogP contribution in [0.1, 0.15) is 12.8 Å². The summed E-state index contributed by atoms with van der Waals surface area (Å²) in [6, 6.07) is 5.43. The lowest BCUT2D eigenvalue weighted by atomic mass is 10.3. The predicted octanol–water partition coefficient (Wildman–Crippen LogP) is 0.775. The maximum atomic E-state index is 12.1. The van der Waals surface area contributed by atoms with E-state index in [0.29, 0.717) is 12.8 Å². The van der Waals surface area contributed by atoms with Gasteiger partial charge in [-0.1, -0.05) is 0 Å². The summed E-state index contributed by atoms with van der Waals surface area (Å²) < 4.78 is 25.1. The fraction of sp³-hybridized carbons (Fsp3) is 0.364. The van der Waals surface area contributed by atoms with Gasteiger partial charge >= 0.3 is 5.97 Å². The molecular weight excluding hydrogens is 258 g/mol. The maximum Gasteiger partial charge on any atom is 0.324 e. The minimum Gasteiger partial charge on any atom is -0.508 e. The topological polar surface area (TPSA) is 94.9 Å². The summed E-state index contributed by atoms with van der Waals surface area (Å²) >= 11 is 0. The largest absolute Gasteiger partial charge is 0.508 e. The third-order valence-electron chi connectivity index (χ3n) is 2.67. The van der Waals surface area contributed by atoms with Gasteiger partial charge in [0.15, 0.2) is 0 Å². The van der Waals surface area contributed by atoms with E-state index in [1.165, 1.54) is 24.3 Å². The van der Waals surface area contributed by atoms with E-state index in [1.807, 2.05) is 0 Å². The van der Waals surface area contributed by atoms with Crippen molar-refractivity contribution >= 4 is 21.7 Å². The second-order valence-corrected chi connectivity index (χ2v) is 6.30. The number of rotatable bonds is 5. The Morgan fingerprint density at radius 3 is 2.28 bits per heavy atom. The molecule has 0 aromatic heterocycles. The first kappa shape index (κ1) is 12.7. The van der Waals surface area contributed by atoms with Gasteiger partial charge in [0.1, 0.15) is 12.3 Å². The molecule has 0 atom stereocenters. The Morgan fingerprint density at radius 2 is 1.83 bits per heavy atom. The van der Waals surface area contributed by atoms with Crippen molar-refractivity contribution in [2.24, 2.45) is 0 Å². The normalized spacial score (nSPS) is 15.3. The molecule has 0 aliphatic heterocycles. The van der Waals surface area contributed by atoms with Crippen LogP contribution in [0.2, 0.25) is 0 Å². The van der Waals surface area contributed by atoms with Crippen molar-refractivity contribution in [2.75, 3.05) is 10.8 Å². The average molecular weight is 271 g/mol. The van der Waals surface area contributed by atoms with E-state index in [9.17, 15) is 13.2 Å². The number of phenols is 1. The molecule has 2 N–H and O–H groups in total. The molecule has 7 heteroatoms. The van der Waals surface area contributed by atoms with Crippen molar-refractivity contribution < 1.29 is 23.4 Å². The Bertz CT molecular complexity index is 547. The molecule has 1 aromatic carbocycles. The van der Waals surface area contributed by atoms with Gasteiger partial charge < -0.3 is 10.2 Å². The number of sulfonamides is 1. The van der Waals surface area contributed by atoms with Crippen LogP contribution in [0, 0.1) is 0 Å². The van der Waals surface area contributed by atoms with Crippen molar-refractivity contribution in [2.45, 2.75) is 18.1 Å². The summed E-state index contributed by atoms with van der Waals surface area (Å²) in [5, 5.41) is 17.5. The van der Waals surface area contributed by atoms with Crippen LogP contribution in [0.25, 0.3) is 0 Å². The fourth-order valence-electron chi connectivity index (χ4n) is 1.62. The Kier molecular flexibility index (Phi) is 3.16. The fourth-order valence-corrected chi connectivity index (χ4v) is 3.41. The minimum absolute atomic E-state index is 0.00200. The third kappa shape index (κ3) is 2.56. The molecule has 0 amide bonds. The number of benzene rings is 1. The minimum atomic E-state index is -3.62. The summed E-state index contributed by atoms with van der Waals surface area (Å²) in [5.74, 6) is -1.22. The van der Waals surface area contributed by atoms with Gasteiger partial charge in [-0.2, -0.15) is 0 Å². The molecule has 1 saturated carbocycles. The van der Waals surface area contributed by atoms with E-state index in [4.69, 9.17) is 10.2 Å². The molecule has 0 heterocycles. The van der Waals surface area contributed by atoms with E-state index in [1.54, 1.807) is 0 Å². The Morgan fingerprint density at radius 1 is 1.28 bits per heavy atom. The summed E-state index contributed by atoms with van der Waals surface area (Å²) in [4.78, 5) is 10.8. The molecule has 0 radical (unpaired) electrons. The molecule has 0 unspecified atom stereocenters. The number of anilines is 1. The Balaban J connectivity index is 2.36. The Hall–Kier alpha value is -1.76. The standard InChI is InChI=1S/C11H13NO5S/c13-9-3-1-8(2-4-9)12(7-11(14)15)18(16,17)10-5-6-10/h1-4,10,13H,5-7H2,(H,14,15). The average Bonchev–Trinajstić information content (AvgIpc) is 3.11. The number of hydrogen-bond donors (Lipinski definition) is 2. The zero-order valence-corrected chi connectivity index (χ0v) is 10.3. The van der Waals surface area contributed by atoms with E-state index in [2.05, 4.69) is 0 Å². The Labute approximate surface area is 105 Å². The molecule has 1 fully saturated rings. The second-order valence-electron chi connectivity index (χ2n) is 4.16. The van der Waals surface area contributed by atoms with Gasteiger partial charge in [0, 0.05) is 0 Å². The highest BCUT2D eigenvalue weighted by Gasteiger charge is 2.41. The molecule has 18 heavy (non-hydrogen) atoms. The highest BCUT2D eigenvalue weighted by atomic mass is 32.2. The van der Waals surface area contributed by atoms with E-state index >= 15 is 0 Å². The van der Waals surface area contributed by atoms with Crippen LogP contribution in [-0.4, -0.2) is 36.4 Å². The number of aliphatic carboxylic acids is 1. The third-order valence-corrected chi connectivity index (χ3v) is 4.94. The molecule has 1 aliphatic rings. The zero-order valence-electron chi connectivity index (χ0n) is 9.48. The predicted molar refractivity (Wildman–Crippen MR) is 65.0 cm³/mol. The van der Waals surface area contributed by atoms with Crippen LogP contribution >= 0.6 is 0 Å². The van der Waals surface area contributed by atoms with Crippen LogP contribution in [0.15, 0.2) is 24.3 Å². The highest BCUT2D eigenvalue weighted by Crippen LogP contribution is 2.33. The van der Waals surface area contributed by atoms with Gasteiger partial charge in [0.25, 0.3) is 0 Å². The maximum absolute atomic E-state index is 12.1. The summed E-state index contributed by atoms with van der Waals surface area (Å²) in [6.45, 7) is -0.608. The van der Waals surface area contributed by atoms with Gasteiger partial charge in [-0.25, -0.2) is 8.42 Å². The highest BCUT2D eigenvalue weighted by molar-refractivity contribution is 7.93. The number of nitrogens with zero attached hydrogens (tertiary/aromatic N) is 1. The zero-order chi connectivity index (χ0) is 13.3. The first-order valence-electron chi connectivity index (χ1n) is 5.43. The molecule has 0 bridgehead atoms. The van der Waals surface area contributed by atoms with Crippen molar-refractivity contribution in [1.82, 2.24) is 0 Å². The van der Waals surface area contributed by atoms with Crippen LogP contribution in [0.4, 0.5) is 5.69 Å². The number of hydrogen-bond acceptors (Lipinski definition) is 4. The molecule has 0 saturated heterocycles. The van der Waals surface area contributed by atoms with Gasteiger partial charge in [-0.15, -0.1) is 0 Å². The first-order valence-corrected chi connectivity index (χ1v) is 6.94. The van der Waals surface area contributed by atoms with Crippen molar-refractivity contribution in [3.05, 3.63) is 24.3 Å². The van der Waals surface area contributed by atoms with Crippen LogP contribution in [-0.2, 0) is 14.8 Å². The summed E-state index contributed by atoms with van der Waals surface area (Å²) in [5.41, 5.74) is 0.252. The van der Waals surface area contributed by atoms with E-state index in [-0.39, 0.29) is 11.4 Å².